The number of hydrogen-bond acceptors (Lipinski definition) is 2. The number of benzene rings is 1. The first kappa shape index (κ1) is 15.2. The van der Waals surface area contributed by atoms with Gasteiger partial charge in [0.2, 0.25) is 0 Å². The van der Waals surface area contributed by atoms with Crippen molar-refractivity contribution in [2.24, 2.45) is 5.73 Å². The molecule has 2 N–H and O–H groups in total. The molecule has 0 aliphatic carbocycles. The molecule has 0 spiro atoms. The van der Waals surface area contributed by atoms with Crippen LogP contribution in [0.25, 0.3) is 0 Å². The molecule has 1 unspecified atom stereocenters. The van der Waals surface area contributed by atoms with Crippen molar-refractivity contribution in [1.29, 1.82) is 0 Å². The third-order valence-corrected chi connectivity index (χ3v) is 3.13. The first-order chi connectivity index (χ1) is 8.45. The standard InChI is InChI=1S/C16H27NO/c1-5-11-18-12-10-15(17)13-6-8-14(9-7-13)16(2,3)4/h6-9,15H,5,10-12,17H2,1-4H3. The van der Waals surface area contributed by atoms with Crippen molar-refractivity contribution in [1.82, 2.24) is 0 Å². The Balaban J connectivity index is 2.51. The zero-order chi connectivity index (χ0) is 13.6. The maximum Gasteiger partial charge on any atom is 0.0484 e. The number of nitrogens with two attached hydrogens (primary N) is 1. The molecule has 102 valence electrons. The average Bonchev–Trinajstić information content (AvgIpc) is 2.33. The van der Waals surface area contributed by atoms with E-state index >= 15 is 0 Å². The van der Waals surface area contributed by atoms with E-state index in [1.165, 1.54) is 11.1 Å². The van der Waals surface area contributed by atoms with Crippen molar-refractivity contribution in [2.45, 2.75) is 52.0 Å². The minimum atomic E-state index is 0.0795. The first-order valence-corrected chi connectivity index (χ1v) is 6.89. The molecule has 0 bridgehead atoms. The fourth-order valence-electron chi connectivity index (χ4n) is 1.85. The molecule has 0 fully saturated rings. The van der Waals surface area contributed by atoms with Crippen LogP contribution in [0.5, 0.6) is 0 Å². The van der Waals surface area contributed by atoms with Crippen molar-refractivity contribution < 1.29 is 4.74 Å². The highest BCUT2D eigenvalue weighted by molar-refractivity contribution is 5.29. The second kappa shape index (κ2) is 6.91. The molecule has 0 saturated heterocycles. The number of hydrogen-bond donors (Lipinski definition) is 1. The second-order valence-corrected chi connectivity index (χ2v) is 5.88. The van der Waals surface area contributed by atoms with Crippen molar-refractivity contribution in [3.05, 3.63) is 35.4 Å². The van der Waals surface area contributed by atoms with Crippen LogP contribution in [0, 0.1) is 0 Å². The highest BCUT2D eigenvalue weighted by atomic mass is 16.5. The molecule has 0 saturated carbocycles. The lowest BCUT2D eigenvalue weighted by Crippen LogP contribution is -2.15. The summed E-state index contributed by atoms with van der Waals surface area (Å²) in [5.41, 5.74) is 8.90. The van der Waals surface area contributed by atoms with Gasteiger partial charge in [0, 0.05) is 19.3 Å². The summed E-state index contributed by atoms with van der Waals surface area (Å²) in [6, 6.07) is 8.73. The van der Waals surface area contributed by atoms with Crippen LogP contribution >= 0.6 is 0 Å². The van der Waals surface area contributed by atoms with Crippen molar-refractivity contribution >= 4 is 0 Å². The zero-order valence-electron chi connectivity index (χ0n) is 12.2. The van der Waals surface area contributed by atoms with Gasteiger partial charge in [0.1, 0.15) is 0 Å². The Kier molecular flexibility index (Phi) is 5.83. The van der Waals surface area contributed by atoms with Crippen molar-refractivity contribution in [3.8, 4) is 0 Å². The average molecular weight is 249 g/mol. The molecule has 1 aromatic rings. The molecule has 0 aromatic heterocycles. The molecule has 1 aromatic carbocycles. The highest BCUT2D eigenvalue weighted by Gasteiger charge is 2.14. The maximum absolute atomic E-state index is 6.16. The second-order valence-electron chi connectivity index (χ2n) is 5.88. The van der Waals surface area contributed by atoms with Gasteiger partial charge in [-0.25, -0.2) is 0 Å². The summed E-state index contributed by atoms with van der Waals surface area (Å²) < 4.78 is 5.47. The Morgan fingerprint density at radius 2 is 1.72 bits per heavy atom. The molecule has 0 aliphatic rings. The predicted octanol–water partition coefficient (Wildman–Crippen LogP) is 3.80. The Labute approximate surface area is 112 Å². The van der Waals surface area contributed by atoms with E-state index in [9.17, 15) is 0 Å². The Hall–Kier alpha value is -0.860. The fourth-order valence-corrected chi connectivity index (χ4v) is 1.85. The molecule has 2 heteroatoms. The van der Waals surface area contributed by atoms with Crippen LogP contribution < -0.4 is 5.73 Å². The predicted molar refractivity (Wildman–Crippen MR) is 77.8 cm³/mol. The Morgan fingerprint density at radius 3 is 2.22 bits per heavy atom. The van der Waals surface area contributed by atoms with Crippen LogP contribution in [-0.4, -0.2) is 13.2 Å². The minimum absolute atomic E-state index is 0.0795. The van der Waals surface area contributed by atoms with Gasteiger partial charge in [0.25, 0.3) is 0 Å². The van der Waals surface area contributed by atoms with E-state index in [-0.39, 0.29) is 11.5 Å². The molecular formula is C16H27NO. The van der Waals surface area contributed by atoms with Gasteiger partial charge in [-0.1, -0.05) is 52.0 Å². The number of ether oxygens (including phenoxy) is 1. The van der Waals surface area contributed by atoms with E-state index in [1.54, 1.807) is 0 Å². The van der Waals surface area contributed by atoms with Crippen LogP contribution in [-0.2, 0) is 10.2 Å². The molecule has 0 heterocycles. The lowest BCUT2D eigenvalue weighted by molar-refractivity contribution is 0.128. The van der Waals surface area contributed by atoms with Crippen LogP contribution in [0.2, 0.25) is 0 Å². The number of rotatable bonds is 6. The van der Waals surface area contributed by atoms with E-state index in [4.69, 9.17) is 10.5 Å². The summed E-state index contributed by atoms with van der Waals surface area (Å²) in [7, 11) is 0. The lowest BCUT2D eigenvalue weighted by Gasteiger charge is -2.20. The van der Waals surface area contributed by atoms with Crippen LogP contribution in [0.15, 0.2) is 24.3 Å². The molecular weight excluding hydrogens is 222 g/mol. The van der Waals surface area contributed by atoms with Gasteiger partial charge in [0.05, 0.1) is 0 Å². The molecule has 18 heavy (non-hydrogen) atoms. The minimum Gasteiger partial charge on any atom is -0.381 e. The normalized spacial score (nSPS) is 13.6. The van der Waals surface area contributed by atoms with Crippen LogP contribution in [0.3, 0.4) is 0 Å². The fraction of sp³-hybridized carbons (Fsp3) is 0.625. The van der Waals surface area contributed by atoms with Crippen molar-refractivity contribution in [3.63, 3.8) is 0 Å². The van der Waals surface area contributed by atoms with Gasteiger partial charge in [-0.2, -0.15) is 0 Å². The SMILES string of the molecule is CCCOCCC(N)c1ccc(C(C)(C)C)cc1. The summed E-state index contributed by atoms with van der Waals surface area (Å²) in [6.07, 6.45) is 1.95. The molecule has 0 radical (unpaired) electrons. The first-order valence-electron chi connectivity index (χ1n) is 6.89. The third kappa shape index (κ3) is 4.79. The molecule has 0 aliphatic heterocycles. The van der Waals surface area contributed by atoms with E-state index < -0.39 is 0 Å². The highest BCUT2D eigenvalue weighted by Crippen LogP contribution is 2.24. The van der Waals surface area contributed by atoms with E-state index in [1.807, 2.05) is 0 Å². The van der Waals surface area contributed by atoms with Gasteiger partial charge in [0.15, 0.2) is 0 Å². The van der Waals surface area contributed by atoms with Crippen molar-refractivity contribution in [2.75, 3.05) is 13.2 Å². The van der Waals surface area contributed by atoms with Gasteiger partial charge >= 0.3 is 0 Å². The summed E-state index contributed by atoms with van der Waals surface area (Å²) in [5.74, 6) is 0. The van der Waals surface area contributed by atoms with Gasteiger partial charge in [-0.05, 0) is 29.4 Å². The lowest BCUT2D eigenvalue weighted by atomic mass is 9.86. The van der Waals surface area contributed by atoms with Crippen LogP contribution in [0.1, 0.15) is 57.7 Å². The van der Waals surface area contributed by atoms with Gasteiger partial charge in [-0.3, -0.25) is 0 Å². The molecule has 1 rings (SSSR count). The van der Waals surface area contributed by atoms with E-state index in [0.717, 1.165) is 26.1 Å². The summed E-state index contributed by atoms with van der Waals surface area (Å²) in [6.45, 7) is 10.4. The zero-order valence-corrected chi connectivity index (χ0v) is 12.2. The van der Waals surface area contributed by atoms with E-state index in [2.05, 4.69) is 52.0 Å². The molecule has 0 amide bonds. The molecule has 1 atom stereocenters. The van der Waals surface area contributed by atoms with Gasteiger partial charge < -0.3 is 10.5 Å². The van der Waals surface area contributed by atoms with Gasteiger partial charge in [-0.15, -0.1) is 0 Å². The summed E-state index contributed by atoms with van der Waals surface area (Å²) in [4.78, 5) is 0. The monoisotopic (exact) mass is 249 g/mol. The smallest absolute Gasteiger partial charge is 0.0484 e. The summed E-state index contributed by atoms with van der Waals surface area (Å²) >= 11 is 0. The molecule has 2 nitrogen and oxygen atoms in total. The maximum atomic E-state index is 6.16. The Morgan fingerprint density at radius 1 is 1.11 bits per heavy atom. The Bertz CT molecular complexity index is 337. The van der Waals surface area contributed by atoms with E-state index in [0.29, 0.717) is 0 Å². The van der Waals surface area contributed by atoms with Crippen LogP contribution in [0.4, 0.5) is 0 Å². The topological polar surface area (TPSA) is 35.2 Å². The summed E-state index contributed by atoms with van der Waals surface area (Å²) in [5, 5.41) is 0. The largest absolute Gasteiger partial charge is 0.381 e. The third-order valence-electron chi connectivity index (χ3n) is 3.13. The quantitative estimate of drug-likeness (QED) is 0.778.